The van der Waals surface area contributed by atoms with Crippen molar-refractivity contribution in [3.63, 3.8) is 0 Å². The van der Waals surface area contributed by atoms with Crippen molar-refractivity contribution in [2.75, 3.05) is 14.2 Å². The van der Waals surface area contributed by atoms with Crippen molar-refractivity contribution in [3.05, 3.63) is 34.4 Å². The summed E-state index contributed by atoms with van der Waals surface area (Å²) < 4.78 is 9.56. The summed E-state index contributed by atoms with van der Waals surface area (Å²) in [4.78, 5) is 23.7. The van der Waals surface area contributed by atoms with Crippen molar-refractivity contribution in [2.24, 2.45) is 11.8 Å². The third kappa shape index (κ3) is 1.60. The summed E-state index contributed by atoms with van der Waals surface area (Å²) in [5.74, 6) is -1.18. The molecule has 4 heteroatoms. The lowest BCUT2D eigenvalue weighted by molar-refractivity contribution is -0.139. The SMILES string of the molecule is COC(=O)C1=C(C(=O)OC)[C@@H]2C=C[C@H]1C2=C(C)C. The Bertz CT molecular complexity index is 466. The quantitative estimate of drug-likeness (QED) is 0.552. The van der Waals surface area contributed by atoms with Crippen LogP contribution in [0.5, 0.6) is 0 Å². The first-order valence-corrected chi connectivity index (χ1v) is 5.79. The van der Waals surface area contributed by atoms with Gasteiger partial charge in [-0.15, -0.1) is 0 Å². The van der Waals surface area contributed by atoms with Crippen molar-refractivity contribution in [3.8, 4) is 0 Å². The number of methoxy groups -OCH3 is 2. The number of ether oxygens (including phenoxy) is 2. The van der Waals surface area contributed by atoms with E-state index in [-0.39, 0.29) is 11.8 Å². The van der Waals surface area contributed by atoms with Crippen LogP contribution in [0.25, 0.3) is 0 Å². The average molecular weight is 248 g/mol. The second-order valence-corrected chi connectivity index (χ2v) is 4.61. The number of allylic oxidation sites excluding steroid dienone is 4. The first-order valence-electron chi connectivity index (χ1n) is 5.79. The van der Waals surface area contributed by atoms with Crippen LogP contribution < -0.4 is 0 Å². The zero-order valence-corrected chi connectivity index (χ0v) is 10.9. The molecule has 0 fully saturated rings. The largest absolute Gasteiger partial charge is 0.466 e. The van der Waals surface area contributed by atoms with Gasteiger partial charge in [-0.1, -0.05) is 17.7 Å². The van der Waals surface area contributed by atoms with Crippen molar-refractivity contribution < 1.29 is 19.1 Å². The van der Waals surface area contributed by atoms with Crippen LogP contribution in [-0.4, -0.2) is 26.2 Å². The Balaban J connectivity index is 2.56. The van der Waals surface area contributed by atoms with Crippen LogP contribution in [0, 0.1) is 11.8 Å². The summed E-state index contributed by atoms with van der Waals surface area (Å²) in [5, 5.41) is 0. The molecule has 0 heterocycles. The molecule has 0 saturated carbocycles. The lowest BCUT2D eigenvalue weighted by atomic mass is 9.95. The predicted octanol–water partition coefficient (Wildman–Crippen LogP) is 1.78. The molecule has 96 valence electrons. The number of carbonyl (C=O) groups is 2. The van der Waals surface area contributed by atoms with E-state index in [2.05, 4.69) is 0 Å². The monoisotopic (exact) mass is 248 g/mol. The molecular formula is C14H16O4. The summed E-state index contributed by atoms with van der Waals surface area (Å²) in [5.41, 5.74) is 3.06. The maximum absolute atomic E-state index is 11.9. The highest BCUT2D eigenvalue weighted by Gasteiger charge is 2.46. The van der Waals surface area contributed by atoms with Gasteiger partial charge in [-0.2, -0.15) is 0 Å². The lowest BCUT2D eigenvalue weighted by Crippen LogP contribution is -2.17. The topological polar surface area (TPSA) is 52.6 Å². The number of fused-ring (bicyclic) bond motifs is 2. The van der Waals surface area contributed by atoms with Gasteiger partial charge in [0.05, 0.1) is 25.4 Å². The molecule has 18 heavy (non-hydrogen) atoms. The van der Waals surface area contributed by atoms with Gasteiger partial charge in [0.25, 0.3) is 0 Å². The predicted molar refractivity (Wildman–Crippen MR) is 65.6 cm³/mol. The molecule has 2 rings (SSSR count). The first-order chi connectivity index (χ1) is 8.52. The van der Waals surface area contributed by atoms with Crippen LogP contribution >= 0.6 is 0 Å². The van der Waals surface area contributed by atoms with Gasteiger partial charge in [-0.25, -0.2) is 9.59 Å². The van der Waals surface area contributed by atoms with Crippen molar-refractivity contribution in [2.45, 2.75) is 13.8 Å². The summed E-state index contributed by atoms with van der Waals surface area (Å²) in [6.07, 6.45) is 3.90. The zero-order chi connectivity index (χ0) is 13.4. The van der Waals surface area contributed by atoms with Crippen LogP contribution in [0.2, 0.25) is 0 Å². The second kappa shape index (κ2) is 4.44. The smallest absolute Gasteiger partial charge is 0.335 e. The van der Waals surface area contributed by atoms with Gasteiger partial charge >= 0.3 is 11.9 Å². The van der Waals surface area contributed by atoms with E-state index >= 15 is 0 Å². The van der Waals surface area contributed by atoms with E-state index in [0.29, 0.717) is 11.1 Å². The number of esters is 2. The summed E-state index contributed by atoms with van der Waals surface area (Å²) in [6.45, 7) is 3.97. The summed E-state index contributed by atoms with van der Waals surface area (Å²) in [7, 11) is 2.64. The molecule has 0 saturated heterocycles. The van der Waals surface area contributed by atoms with E-state index in [9.17, 15) is 9.59 Å². The Labute approximate surface area is 106 Å². The maximum Gasteiger partial charge on any atom is 0.335 e. The molecular weight excluding hydrogens is 232 g/mol. The van der Waals surface area contributed by atoms with Gasteiger partial charge in [-0.05, 0) is 19.4 Å². The zero-order valence-electron chi connectivity index (χ0n) is 10.9. The summed E-state index contributed by atoms with van der Waals surface area (Å²) in [6, 6.07) is 0. The molecule has 0 aliphatic heterocycles. The Morgan fingerprint density at radius 2 is 1.33 bits per heavy atom. The van der Waals surface area contributed by atoms with E-state index in [4.69, 9.17) is 9.47 Å². The number of rotatable bonds is 2. The van der Waals surface area contributed by atoms with Gasteiger partial charge < -0.3 is 9.47 Å². The Kier molecular flexibility index (Phi) is 3.11. The molecule has 2 aliphatic carbocycles. The molecule has 0 aromatic heterocycles. The van der Waals surface area contributed by atoms with Crippen molar-refractivity contribution in [1.82, 2.24) is 0 Å². The Hall–Kier alpha value is -1.84. The molecule has 2 atom stereocenters. The van der Waals surface area contributed by atoms with Gasteiger partial charge in [0.1, 0.15) is 0 Å². The molecule has 0 spiro atoms. The third-order valence-corrected chi connectivity index (χ3v) is 3.47. The molecule has 4 nitrogen and oxygen atoms in total. The van der Waals surface area contributed by atoms with Crippen molar-refractivity contribution in [1.29, 1.82) is 0 Å². The molecule has 2 aliphatic rings. The van der Waals surface area contributed by atoms with E-state index in [1.807, 2.05) is 26.0 Å². The van der Waals surface area contributed by atoms with Crippen LogP contribution in [0.15, 0.2) is 34.4 Å². The number of hydrogen-bond acceptors (Lipinski definition) is 4. The maximum atomic E-state index is 11.9. The highest BCUT2D eigenvalue weighted by atomic mass is 16.5. The van der Waals surface area contributed by atoms with Crippen molar-refractivity contribution >= 4 is 11.9 Å². The first kappa shape index (κ1) is 12.6. The van der Waals surface area contributed by atoms with Gasteiger partial charge in [0.15, 0.2) is 0 Å². The molecule has 2 bridgehead atoms. The third-order valence-electron chi connectivity index (χ3n) is 3.47. The highest BCUT2D eigenvalue weighted by Crippen LogP contribution is 2.49. The van der Waals surface area contributed by atoms with Gasteiger partial charge in [-0.3, -0.25) is 0 Å². The number of hydrogen-bond donors (Lipinski definition) is 0. The van der Waals surface area contributed by atoms with E-state index < -0.39 is 11.9 Å². The average Bonchev–Trinajstić information content (AvgIpc) is 2.91. The van der Waals surface area contributed by atoms with Crippen LogP contribution in [0.4, 0.5) is 0 Å². The molecule has 0 aromatic rings. The fraction of sp³-hybridized carbons (Fsp3) is 0.429. The van der Waals surface area contributed by atoms with E-state index in [1.54, 1.807) is 0 Å². The normalized spacial score (nSPS) is 24.6. The minimum Gasteiger partial charge on any atom is -0.466 e. The van der Waals surface area contributed by atoms with Crippen LogP contribution in [0.1, 0.15) is 13.8 Å². The molecule has 0 radical (unpaired) electrons. The highest BCUT2D eigenvalue weighted by molar-refractivity contribution is 6.05. The standard InChI is InChI=1S/C14H16O4/c1-7(2)10-8-5-6-9(10)12(14(16)18-4)11(8)13(15)17-3/h5-6,8-9H,1-4H3/t8-,9+. The number of carbonyl (C=O) groups excluding carboxylic acids is 2. The van der Waals surface area contributed by atoms with E-state index in [0.717, 1.165) is 11.1 Å². The minimum atomic E-state index is -0.453. The van der Waals surface area contributed by atoms with Gasteiger partial charge in [0.2, 0.25) is 0 Å². The fourth-order valence-corrected chi connectivity index (χ4v) is 2.78. The molecule has 0 amide bonds. The Morgan fingerprint density at radius 3 is 1.61 bits per heavy atom. The molecule has 0 aromatic carbocycles. The van der Waals surface area contributed by atoms with E-state index in [1.165, 1.54) is 14.2 Å². The fourth-order valence-electron chi connectivity index (χ4n) is 2.78. The molecule has 0 unspecified atom stereocenters. The van der Waals surface area contributed by atoms with Crippen LogP contribution in [0.3, 0.4) is 0 Å². The Morgan fingerprint density at radius 1 is 0.944 bits per heavy atom. The molecule has 0 N–H and O–H groups in total. The van der Waals surface area contributed by atoms with Gasteiger partial charge in [0, 0.05) is 11.8 Å². The lowest BCUT2D eigenvalue weighted by Gasteiger charge is -2.11. The van der Waals surface area contributed by atoms with Crippen LogP contribution in [-0.2, 0) is 19.1 Å². The summed E-state index contributed by atoms with van der Waals surface area (Å²) >= 11 is 0. The minimum absolute atomic E-state index is 0.137. The second-order valence-electron chi connectivity index (χ2n) is 4.61.